The van der Waals surface area contributed by atoms with Crippen molar-refractivity contribution in [1.29, 1.82) is 0 Å². The molecule has 19 heavy (non-hydrogen) atoms. The van der Waals surface area contributed by atoms with Crippen molar-refractivity contribution in [2.45, 2.75) is 71.8 Å². The highest BCUT2D eigenvalue weighted by Crippen LogP contribution is 2.29. The molecule has 0 amide bonds. The summed E-state index contributed by atoms with van der Waals surface area (Å²) >= 11 is 0. The van der Waals surface area contributed by atoms with Crippen LogP contribution in [-0.2, 0) is 9.53 Å². The Balaban J connectivity index is 2.51. The Kier molecular flexibility index (Phi) is 6.84. The summed E-state index contributed by atoms with van der Waals surface area (Å²) in [6, 6.07) is 0. The van der Waals surface area contributed by atoms with E-state index < -0.39 is 0 Å². The molecule has 0 aliphatic carbocycles. The van der Waals surface area contributed by atoms with E-state index in [4.69, 9.17) is 4.74 Å². The molecule has 1 aliphatic heterocycles. The lowest BCUT2D eigenvalue weighted by molar-refractivity contribution is -0.665. The van der Waals surface area contributed by atoms with E-state index in [-0.39, 0.29) is 17.5 Å². The van der Waals surface area contributed by atoms with Crippen LogP contribution in [-0.4, -0.2) is 24.7 Å². The van der Waals surface area contributed by atoms with Gasteiger partial charge in [-0.25, -0.2) is 0 Å². The van der Waals surface area contributed by atoms with E-state index in [1.54, 1.807) is 0 Å². The van der Waals surface area contributed by atoms with Crippen molar-refractivity contribution in [1.82, 2.24) is 0 Å². The van der Waals surface area contributed by atoms with Crippen molar-refractivity contribution in [3.63, 3.8) is 0 Å². The third-order valence-corrected chi connectivity index (χ3v) is 4.52. The summed E-state index contributed by atoms with van der Waals surface area (Å²) in [5.74, 6) is 0.634. The van der Waals surface area contributed by atoms with Gasteiger partial charge in [-0.3, -0.25) is 4.79 Å². The summed E-state index contributed by atoms with van der Waals surface area (Å²) in [7, 11) is 0. The van der Waals surface area contributed by atoms with Crippen LogP contribution in [0.5, 0.6) is 0 Å². The molecule has 1 rings (SSSR count). The molecule has 1 unspecified atom stereocenters. The molecule has 0 aromatic heterocycles. The Morgan fingerprint density at radius 2 is 1.95 bits per heavy atom. The second-order valence-corrected chi connectivity index (χ2v) is 6.41. The predicted molar refractivity (Wildman–Crippen MR) is 77.9 cm³/mol. The average molecular weight is 270 g/mol. The van der Waals surface area contributed by atoms with E-state index in [0.717, 1.165) is 38.5 Å². The number of piperidine rings is 1. The summed E-state index contributed by atoms with van der Waals surface area (Å²) in [6.45, 7) is 10.8. The van der Waals surface area contributed by atoms with Gasteiger partial charge in [0.15, 0.2) is 0 Å². The van der Waals surface area contributed by atoms with Crippen LogP contribution < -0.4 is 5.32 Å². The van der Waals surface area contributed by atoms with Gasteiger partial charge in [-0.05, 0) is 26.7 Å². The lowest BCUT2D eigenvalue weighted by Gasteiger charge is -2.36. The zero-order chi connectivity index (χ0) is 14.3. The molecular weight excluding hydrogens is 238 g/mol. The SMILES string of the molecule is CCCCC(CC)C(=O)OC(C)(C)C1CC[NH2+]CC1. The second kappa shape index (κ2) is 7.88. The first-order chi connectivity index (χ1) is 9.01. The Labute approximate surface area is 118 Å². The van der Waals surface area contributed by atoms with Crippen LogP contribution in [0.15, 0.2) is 0 Å². The van der Waals surface area contributed by atoms with E-state index in [0.29, 0.717) is 5.92 Å². The van der Waals surface area contributed by atoms with Crippen molar-refractivity contribution in [2.75, 3.05) is 13.1 Å². The zero-order valence-corrected chi connectivity index (χ0v) is 13.2. The van der Waals surface area contributed by atoms with Gasteiger partial charge in [0.1, 0.15) is 5.60 Å². The van der Waals surface area contributed by atoms with Gasteiger partial charge in [0, 0.05) is 18.8 Å². The van der Waals surface area contributed by atoms with Crippen molar-refractivity contribution in [3.05, 3.63) is 0 Å². The summed E-state index contributed by atoms with van der Waals surface area (Å²) < 4.78 is 5.87. The molecule has 0 aromatic carbocycles. The number of carbonyl (C=O) groups excluding carboxylic acids is 1. The maximum Gasteiger partial charge on any atom is 0.309 e. The predicted octanol–water partition coefficient (Wildman–Crippen LogP) is 2.50. The Morgan fingerprint density at radius 3 is 2.47 bits per heavy atom. The molecule has 1 saturated heterocycles. The van der Waals surface area contributed by atoms with Gasteiger partial charge in [0.25, 0.3) is 0 Å². The van der Waals surface area contributed by atoms with Crippen LogP contribution in [0.2, 0.25) is 0 Å². The largest absolute Gasteiger partial charge is 0.459 e. The second-order valence-electron chi connectivity index (χ2n) is 6.41. The molecule has 1 aliphatic rings. The molecule has 0 bridgehead atoms. The van der Waals surface area contributed by atoms with Crippen LogP contribution in [0.1, 0.15) is 66.2 Å². The van der Waals surface area contributed by atoms with Gasteiger partial charge in [0.05, 0.1) is 19.0 Å². The minimum absolute atomic E-state index is 0.0236. The zero-order valence-electron chi connectivity index (χ0n) is 13.2. The fourth-order valence-electron chi connectivity index (χ4n) is 2.99. The molecule has 1 fully saturated rings. The normalized spacial score (nSPS) is 19.2. The standard InChI is InChI=1S/C16H31NO2/c1-5-7-8-13(6-2)15(18)19-16(3,4)14-9-11-17-12-10-14/h13-14,17H,5-12H2,1-4H3/p+1. The van der Waals surface area contributed by atoms with Crippen LogP contribution >= 0.6 is 0 Å². The van der Waals surface area contributed by atoms with Crippen molar-refractivity contribution >= 4 is 5.97 Å². The smallest absolute Gasteiger partial charge is 0.309 e. The first-order valence-corrected chi connectivity index (χ1v) is 8.05. The van der Waals surface area contributed by atoms with E-state index in [9.17, 15) is 4.79 Å². The summed E-state index contributed by atoms with van der Waals surface area (Å²) in [6.07, 6.45) is 6.45. The summed E-state index contributed by atoms with van der Waals surface area (Å²) in [5, 5.41) is 2.35. The van der Waals surface area contributed by atoms with Gasteiger partial charge in [-0.15, -0.1) is 0 Å². The number of quaternary nitrogens is 1. The van der Waals surface area contributed by atoms with Crippen LogP contribution in [0.25, 0.3) is 0 Å². The van der Waals surface area contributed by atoms with Gasteiger partial charge in [-0.1, -0.05) is 26.7 Å². The third kappa shape index (κ3) is 5.13. The molecule has 0 aromatic rings. The molecule has 1 heterocycles. The third-order valence-electron chi connectivity index (χ3n) is 4.52. The molecule has 0 radical (unpaired) electrons. The highest BCUT2D eigenvalue weighted by molar-refractivity contribution is 5.72. The minimum Gasteiger partial charge on any atom is -0.459 e. The number of unbranched alkanes of at least 4 members (excludes halogenated alkanes) is 1. The van der Waals surface area contributed by atoms with E-state index >= 15 is 0 Å². The number of hydrogen-bond acceptors (Lipinski definition) is 2. The van der Waals surface area contributed by atoms with Gasteiger partial charge in [0.2, 0.25) is 0 Å². The van der Waals surface area contributed by atoms with E-state index in [2.05, 4.69) is 33.0 Å². The number of nitrogens with two attached hydrogens (primary N) is 1. The molecule has 3 heteroatoms. The van der Waals surface area contributed by atoms with Gasteiger partial charge >= 0.3 is 5.97 Å². The van der Waals surface area contributed by atoms with Crippen LogP contribution in [0, 0.1) is 11.8 Å². The topological polar surface area (TPSA) is 42.9 Å². The highest BCUT2D eigenvalue weighted by Gasteiger charge is 2.36. The van der Waals surface area contributed by atoms with Crippen molar-refractivity contribution in [3.8, 4) is 0 Å². The lowest BCUT2D eigenvalue weighted by Crippen LogP contribution is -2.86. The van der Waals surface area contributed by atoms with Crippen molar-refractivity contribution < 1.29 is 14.8 Å². The minimum atomic E-state index is -0.301. The lowest BCUT2D eigenvalue weighted by atomic mass is 9.83. The first-order valence-electron chi connectivity index (χ1n) is 8.05. The van der Waals surface area contributed by atoms with Gasteiger partial charge in [-0.2, -0.15) is 0 Å². The maximum atomic E-state index is 12.3. The molecular formula is C16H32NO2+. The Hall–Kier alpha value is -0.570. The average Bonchev–Trinajstić information content (AvgIpc) is 2.40. The monoisotopic (exact) mass is 270 g/mol. The Bertz CT molecular complexity index is 270. The van der Waals surface area contributed by atoms with Gasteiger partial charge < -0.3 is 10.1 Å². The summed E-state index contributed by atoms with van der Waals surface area (Å²) in [4.78, 5) is 12.3. The maximum absolute atomic E-state index is 12.3. The molecule has 0 saturated carbocycles. The first kappa shape index (κ1) is 16.5. The van der Waals surface area contributed by atoms with E-state index in [1.807, 2.05) is 0 Å². The summed E-state index contributed by atoms with van der Waals surface area (Å²) in [5.41, 5.74) is -0.301. The number of rotatable bonds is 7. The van der Waals surface area contributed by atoms with Crippen molar-refractivity contribution in [2.24, 2.45) is 11.8 Å². The molecule has 2 N–H and O–H groups in total. The quantitative estimate of drug-likeness (QED) is 0.722. The molecule has 112 valence electrons. The number of hydrogen-bond donors (Lipinski definition) is 1. The highest BCUT2D eigenvalue weighted by atomic mass is 16.6. The Morgan fingerprint density at radius 1 is 1.32 bits per heavy atom. The molecule has 1 atom stereocenters. The molecule has 3 nitrogen and oxygen atoms in total. The molecule has 0 spiro atoms. The fraction of sp³-hybridized carbons (Fsp3) is 0.938. The number of carbonyl (C=O) groups is 1. The number of ether oxygens (including phenoxy) is 1. The van der Waals surface area contributed by atoms with Crippen LogP contribution in [0.4, 0.5) is 0 Å². The van der Waals surface area contributed by atoms with E-state index in [1.165, 1.54) is 13.1 Å². The fourth-order valence-corrected chi connectivity index (χ4v) is 2.99. The van der Waals surface area contributed by atoms with Crippen LogP contribution in [0.3, 0.4) is 0 Å². The number of esters is 1.